The second kappa shape index (κ2) is 3.47. The van der Waals surface area contributed by atoms with E-state index in [1.54, 1.807) is 0 Å². The van der Waals surface area contributed by atoms with Crippen LogP contribution in [0, 0.1) is 20.2 Å². The van der Waals surface area contributed by atoms with E-state index in [1.165, 1.54) is 0 Å². The summed E-state index contributed by atoms with van der Waals surface area (Å²) in [5.41, 5.74) is 0. The first-order valence-electron chi connectivity index (χ1n) is 4.52. The van der Waals surface area contributed by atoms with Crippen molar-refractivity contribution >= 4 is 0 Å². The number of fused-ring (bicyclic) bond motifs is 2. The number of hydrogen-bond donors (Lipinski definition) is 2. The van der Waals surface area contributed by atoms with Crippen molar-refractivity contribution in [3.63, 3.8) is 0 Å². The zero-order chi connectivity index (χ0) is 11.0. The average Bonchev–Trinajstić information content (AvgIpc) is 2.15. The Morgan fingerprint density at radius 2 is 1.20 bits per heavy atom. The lowest BCUT2D eigenvalue weighted by Crippen LogP contribution is -3.39. The Bertz CT molecular complexity index is 257. The Morgan fingerprint density at radius 1 is 0.867 bits per heavy atom. The molecule has 0 aromatic rings. The lowest BCUT2D eigenvalue weighted by molar-refractivity contribution is -1.18. The molecule has 0 radical (unpaired) electrons. The monoisotopic (exact) mass is 220 g/mol. The summed E-state index contributed by atoms with van der Waals surface area (Å²) in [6.45, 7) is 1.60. The molecule has 2 heterocycles. The molecule has 84 valence electrons. The lowest BCUT2D eigenvalue weighted by Gasteiger charge is -2.37. The summed E-state index contributed by atoms with van der Waals surface area (Å²) in [7, 11) is 0. The SMILES string of the molecule is O=[N+]([O-])N1C[NH+]2CN([N+](=O)[O-])C[NH+](C1)C2. The molecule has 2 saturated heterocycles. The summed E-state index contributed by atoms with van der Waals surface area (Å²) in [6.07, 6.45) is 0. The Balaban J connectivity index is 2.02. The van der Waals surface area contributed by atoms with Crippen LogP contribution in [0.3, 0.4) is 0 Å². The lowest BCUT2D eigenvalue weighted by atomic mass is 10.5. The van der Waals surface area contributed by atoms with E-state index in [-0.39, 0.29) is 26.7 Å². The molecule has 2 fully saturated rings. The van der Waals surface area contributed by atoms with Gasteiger partial charge in [0.25, 0.3) is 0 Å². The molecule has 2 bridgehead atoms. The molecule has 2 rings (SSSR count). The summed E-state index contributed by atoms with van der Waals surface area (Å²) < 4.78 is 0. The first-order chi connectivity index (χ1) is 7.06. The third-order valence-electron chi connectivity index (χ3n) is 2.59. The minimum atomic E-state index is -0.443. The van der Waals surface area contributed by atoms with E-state index in [4.69, 9.17) is 0 Å². The average molecular weight is 220 g/mol. The highest BCUT2D eigenvalue weighted by molar-refractivity contribution is 4.36. The van der Waals surface area contributed by atoms with Crippen LogP contribution in [0.5, 0.6) is 0 Å². The number of nitro groups is 2. The largest absolute Gasteiger partial charge is 0.246 e. The van der Waals surface area contributed by atoms with E-state index < -0.39 is 10.1 Å². The molecule has 0 unspecified atom stereocenters. The molecule has 0 aromatic heterocycles. The van der Waals surface area contributed by atoms with Crippen molar-refractivity contribution in [2.24, 2.45) is 0 Å². The minimum Gasteiger partial charge on any atom is -0.246 e. The van der Waals surface area contributed by atoms with Crippen LogP contribution >= 0.6 is 0 Å². The normalized spacial score (nSPS) is 30.1. The Kier molecular flexibility index (Phi) is 2.28. The van der Waals surface area contributed by atoms with Gasteiger partial charge in [-0.3, -0.25) is 0 Å². The number of quaternary nitrogens is 2. The van der Waals surface area contributed by atoms with Crippen molar-refractivity contribution in [2.75, 3.05) is 33.3 Å². The summed E-state index contributed by atoms with van der Waals surface area (Å²) >= 11 is 0. The fourth-order valence-corrected chi connectivity index (χ4v) is 2.05. The third kappa shape index (κ3) is 1.89. The zero-order valence-electron chi connectivity index (χ0n) is 7.96. The molecule has 2 aliphatic heterocycles. The van der Waals surface area contributed by atoms with Crippen LogP contribution in [0.1, 0.15) is 0 Å². The minimum absolute atomic E-state index is 0.223. The van der Waals surface area contributed by atoms with Crippen molar-refractivity contribution in [3.8, 4) is 0 Å². The molecule has 15 heavy (non-hydrogen) atoms. The molecule has 2 N–H and O–H groups in total. The highest BCUT2D eigenvalue weighted by Crippen LogP contribution is 1.88. The molecule has 10 heteroatoms. The second-order valence-corrected chi connectivity index (χ2v) is 3.80. The molecule has 2 aliphatic rings. The van der Waals surface area contributed by atoms with Gasteiger partial charge >= 0.3 is 0 Å². The van der Waals surface area contributed by atoms with Crippen molar-refractivity contribution < 1.29 is 19.9 Å². The first kappa shape index (κ1) is 9.86. The van der Waals surface area contributed by atoms with Gasteiger partial charge in [0, 0.05) is 0 Å². The van der Waals surface area contributed by atoms with Gasteiger partial charge in [-0.15, -0.1) is 0 Å². The molecule has 0 spiro atoms. The number of nitrogens with one attached hydrogen (secondary N) is 2. The number of hydrogen-bond acceptors (Lipinski definition) is 4. The highest BCUT2D eigenvalue weighted by Gasteiger charge is 2.44. The fourth-order valence-electron chi connectivity index (χ4n) is 2.05. The van der Waals surface area contributed by atoms with Crippen LogP contribution in [0.25, 0.3) is 0 Å². The molecule has 10 nitrogen and oxygen atoms in total. The number of rotatable bonds is 2. The summed E-state index contributed by atoms with van der Waals surface area (Å²) in [5.74, 6) is 0. The standard InChI is InChI=1S/C5H10N6O4/c12-10(13)8-2-6-1-7(4-8)5-9(3-6)11(14)15/h1-5H2/p+2. The zero-order valence-corrected chi connectivity index (χ0v) is 7.96. The molecule has 0 aliphatic carbocycles. The van der Waals surface area contributed by atoms with E-state index in [1.807, 2.05) is 0 Å². The molecular weight excluding hydrogens is 208 g/mol. The third-order valence-corrected chi connectivity index (χ3v) is 2.59. The summed E-state index contributed by atoms with van der Waals surface area (Å²) in [6, 6.07) is 0. The van der Waals surface area contributed by atoms with Gasteiger partial charge in [0.2, 0.25) is 33.3 Å². The van der Waals surface area contributed by atoms with Gasteiger partial charge < -0.3 is 0 Å². The van der Waals surface area contributed by atoms with Gasteiger partial charge in [-0.05, 0) is 10.0 Å². The van der Waals surface area contributed by atoms with Gasteiger partial charge in [-0.1, -0.05) is 0 Å². The quantitative estimate of drug-likeness (QED) is 0.359. The molecule has 0 amide bonds. The van der Waals surface area contributed by atoms with E-state index in [9.17, 15) is 20.2 Å². The van der Waals surface area contributed by atoms with Gasteiger partial charge in [-0.2, -0.15) is 0 Å². The fraction of sp³-hybridized carbons (Fsp3) is 1.00. The maximum Gasteiger partial charge on any atom is 0.219 e. The predicted octanol–water partition coefficient (Wildman–Crippen LogP) is -4.44. The number of hydrazine groups is 2. The van der Waals surface area contributed by atoms with E-state index in [0.717, 1.165) is 19.8 Å². The van der Waals surface area contributed by atoms with Crippen molar-refractivity contribution in [1.29, 1.82) is 0 Å². The van der Waals surface area contributed by atoms with Gasteiger partial charge in [0.1, 0.15) is 0 Å². The van der Waals surface area contributed by atoms with Gasteiger partial charge in [-0.25, -0.2) is 30.0 Å². The maximum absolute atomic E-state index is 10.6. The molecule has 0 atom stereocenters. The predicted molar refractivity (Wildman–Crippen MR) is 43.9 cm³/mol. The molecule has 0 aromatic carbocycles. The van der Waals surface area contributed by atoms with Crippen LogP contribution in [-0.2, 0) is 0 Å². The van der Waals surface area contributed by atoms with Crippen molar-refractivity contribution in [3.05, 3.63) is 20.2 Å². The van der Waals surface area contributed by atoms with Gasteiger partial charge in [0.15, 0.2) is 10.1 Å². The van der Waals surface area contributed by atoms with Crippen LogP contribution in [0.15, 0.2) is 0 Å². The highest BCUT2D eigenvalue weighted by atomic mass is 16.7. The smallest absolute Gasteiger partial charge is 0.219 e. The van der Waals surface area contributed by atoms with Crippen LogP contribution in [-0.4, -0.2) is 53.4 Å². The van der Waals surface area contributed by atoms with E-state index >= 15 is 0 Å². The van der Waals surface area contributed by atoms with Gasteiger partial charge in [0.05, 0.1) is 0 Å². The van der Waals surface area contributed by atoms with Crippen LogP contribution < -0.4 is 9.80 Å². The molecule has 0 saturated carbocycles. The Labute approximate surface area is 84.5 Å². The summed E-state index contributed by atoms with van der Waals surface area (Å²) in [4.78, 5) is 22.8. The second-order valence-electron chi connectivity index (χ2n) is 3.80. The Hall–Kier alpha value is -1.68. The maximum atomic E-state index is 10.6. The topological polar surface area (TPSA) is 102 Å². The first-order valence-corrected chi connectivity index (χ1v) is 4.52. The van der Waals surface area contributed by atoms with Crippen LogP contribution in [0.4, 0.5) is 0 Å². The van der Waals surface area contributed by atoms with Crippen molar-refractivity contribution in [2.45, 2.75) is 0 Å². The summed E-state index contributed by atoms with van der Waals surface area (Å²) in [5, 5.41) is 22.4. The van der Waals surface area contributed by atoms with E-state index in [0.29, 0.717) is 6.67 Å². The Morgan fingerprint density at radius 3 is 1.47 bits per heavy atom. The van der Waals surface area contributed by atoms with E-state index in [2.05, 4.69) is 0 Å². The molecular formula is C5H12N6O4+2. The number of nitrogens with zero attached hydrogens (tertiary/aromatic N) is 4. The van der Waals surface area contributed by atoms with Crippen molar-refractivity contribution in [1.82, 2.24) is 10.0 Å². The van der Waals surface area contributed by atoms with Crippen LogP contribution in [0.2, 0.25) is 0 Å².